The highest BCUT2D eigenvalue weighted by Crippen LogP contribution is 2.17. The summed E-state index contributed by atoms with van der Waals surface area (Å²) < 4.78 is 0. The number of hydrogen-bond acceptors (Lipinski definition) is 1. The highest BCUT2D eigenvalue weighted by molar-refractivity contribution is 5.81. The van der Waals surface area contributed by atoms with Crippen molar-refractivity contribution in [1.29, 1.82) is 0 Å². The van der Waals surface area contributed by atoms with Crippen molar-refractivity contribution >= 4 is 5.78 Å². The molecule has 1 nitrogen and oxygen atoms in total. The molecular weight excluding hydrogens is 100 g/mol. The molecule has 1 aliphatic rings. The Labute approximate surface area is 49.4 Å². The minimum atomic E-state index is 0.362. The average molecular weight is 110 g/mol. The van der Waals surface area contributed by atoms with E-state index in [-0.39, 0.29) is 0 Å². The minimum Gasteiger partial charge on any atom is -0.299 e. The first kappa shape index (κ1) is 5.54. The van der Waals surface area contributed by atoms with E-state index in [9.17, 15) is 4.79 Å². The zero-order chi connectivity index (χ0) is 5.98. The lowest BCUT2D eigenvalue weighted by molar-refractivity contribution is -0.119. The van der Waals surface area contributed by atoms with Crippen molar-refractivity contribution in [3.05, 3.63) is 12.2 Å². The zero-order valence-electron chi connectivity index (χ0n) is 4.94. The van der Waals surface area contributed by atoms with Gasteiger partial charge in [0, 0.05) is 12.8 Å². The molecule has 0 amide bonds. The summed E-state index contributed by atoms with van der Waals surface area (Å²) in [6.45, 7) is 3.74. The number of Topliss-reactive ketones (excluding diaryl/α,β-unsaturated/α-hetero) is 1. The van der Waals surface area contributed by atoms with Gasteiger partial charge in [0.05, 0.1) is 0 Å². The van der Waals surface area contributed by atoms with E-state index in [0.717, 1.165) is 24.8 Å². The van der Waals surface area contributed by atoms with Crippen LogP contribution in [0.3, 0.4) is 0 Å². The molecule has 0 unspecified atom stereocenters. The fourth-order valence-electron chi connectivity index (χ4n) is 0.991. The van der Waals surface area contributed by atoms with E-state index in [4.69, 9.17) is 0 Å². The van der Waals surface area contributed by atoms with Crippen molar-refractivity contribution in [3.8, 4) is 0 Å². The quantitative estimate of drug-likeness (QED) is 0.433. The first-order chi connectivity index (χ1) is 3.79. The van der Waals surface area contributed by atoms with E-state index >= 15 is 0 Å². The summed E-state index contributed by atoms with van der Waals surface area (Å²) in [5.41, 5.74) is 1.11. The van der Waals surface area contributed by atoms with Crippen molar-refractivity contribution in [3.63, 3.8) is 0 Å². The van der Waals surface area contributed by atoms with Gasteiger partial charge in [-0.25, -0.2) is 0 Å². The topological polar surface area (TPSA) is 17.1 Å². The molecule has 0 aromatic carbocycles. The highest BCUT2D eigenvalue weighted by atomic mass is 16.1. The lowest BCUT2D eigenvalue weighted by atomic mass is 9.95. The molecule has 0 aromatic rings. The van der Waals surface area contributed by atoms with Crippen LogP contribution in [0.4, 0.5) is 0 Å². The number of carbonyl (C=O) groups is 1. The average Bonchev–Trinajstić information content (AvgIpc) is 1.64. The van der Waals surface area contributed by atoms with Crippen LogP contribution in [0.25, 0.3) is 0 Å². The Bertz CT molecular complexity index is 110. The van der Waals surface area contributed by atoms with E-state index < -0.39 is 0 Å². The number of rotatable bonds is 0. The second-order valence-electron chi connectivity index (χ2n) is 2.32. The summed E-state index contributed by atoms with van der Waals surface area (Å²) in [6, 6.07) is 0. The summed E-state index contributed by atoms with van der Waals surface area (Å²) in [6.07, 6.45) is 3.50. The van der Waals surface area contributed by atoms with Crippen LogP contribution in [-0.4, -0.2) is 5.78 Å². The van der Waals surface area contributed by atoms with Gasteiger partial charge in [0.25, 0.3) is 0 Å². The van der Waals surface area contributed by atoms with Gasteiger partial charge in [-0.3, -0.25) is 4.79 Å². The zero-order valence-corrected chi connectivity index (χ0v) is 4.94. The molecule has 1 heteroatoms. The first-order valence-corrected chi connectivity index (χ1v) is 2.97. The van der Waals surface area contributed by atoms with Crippen LogP contribution in [0.5, 0.6) is 0 Å². The van der Waals surface area contributed by atoms with E-state index in [1.165, 1.54) is 0 Å². The maximum atomic E-state index is 10.6. The summed E-state index contributed by atoms with van der Waals surface area (Å²) in [7, 11) is 0. The molecular formula is C7H10O. The Morgan fingerprint density at radius 1 is 1.38 bits per heavy atom. The molecule has 1 rings (SSSR count). The van der Waals surface area contributed by atoms with Gasteiger partial charge in [-0.15, -0.1) is 0 Å². The van der Waals surface area contributed by atoms with Gasteiger partial charge in [-0.2, -0.15) is 0 Å². The third kappa shape index (κ3) is 1.19. The molecule has 44 valence electrons. The van der Waals surface area contributed by atoms with Crippen molar-refractivity contribution in [2.75, 3.05) is 0 Å². The second-order valence-corrected chi connectivity index (χ2v) is 2.32. The van der Waals surface area contributed by atoms with Crippen molar-refractivity contribution < 1.29 is 4.79 Å². The summed E-state index contributed by atoms with van der Waals surface area (Å²) in [5, 5.41) is 0. The van der Waals surface area contributed by atoms with Gasteiger partial charge < -0.3 is 0 Å². The first-order valence-electron chi connectivity index (χ1n) is 2.97. The van der Waals surface area contributed by atoms with Crippen LogP contribution in [0.15, 0.2) is 12.2 Å². The maximum absolute atomic E-state index is 10.6. The molecule has 1 fully saturated rings. The molecule has 1 aliphatic carbocycles. The van der Waals surface area contributed by atoms with Crippen molar-refractivity contribution in [2.24, 2.45) is 0 Å². The lowest BCUT2D eigenvalue weighted by Gasteiger charge is -2.09. The SMILES string of the molecule is C=C1CCCC(=O)C1. The molecule has 0 saturated heterocycles. The van der Waals surface area contributed by atoms with E-state index in [1.54, 1.807) is 0 Å². The molecule has 0 radical (unpaired) electrons. The Balaban J connectivity index is 2.45. The van der Waals surface area contributed by atoms with E-state index in [0.29, 0.717) is 12.2 Å². The number of ketones is 1. The van der Waals surface area contributed by atoms with Gasteiger partial charge in [-0.05, 0) is 12.8 Å². The number of allylic oxidation sites excluding steroid dienone is 1. The predicted molar refractivity (Wildman–Crippen MR) is 32.6 cm³/mol. The van der Waals surface area contributed by atoms with Crippen molar-refractivity contribution in [2.45, 2.75) is 25.7 Å². The van der Waals surface area contributed by atoms with Crippen LogP contribution < -0.4 is 0 Å². The summed E-state index contributed by atoms with van der Waals surface area (Å²) in [4.78, 5) is 10.6. The van der Waals surface area contributed by atoms with Gasteiger partial charge in [0.15, 0.2) is 0 Å². The molecule has 8 heavy (non-hydrogen) atoms. The van der Waals surface area contributed by atoms with Gasteiger partial charge in [-0.1, -0.05) is 12.2 Å². The maximum Gasteiger partial charge on any atom is 0.136 e. The standard InChI is InChI=1S/C7H10O/c1-6-3-2-4-7(8)5-6/h1-5H2. The van der Waals surface area contributed by atoms with Gasteiger partial charge in [0.2, 0.25) is 0 Å². The summed E-state index contributed by atoms with van der Waals surface area (Å²) >= 11 is 0. The number of carbonyl (C=O) groups excluding carboxylic acids is 1. The van der Waals surface area contributed by atoms with Crippen LogP contribution in [0.1, 0.15) is 25.7 Å². The Morgan fingerprint density at radius 3 is 2.50 bits per heavy atom. The minimum absolute atomic E-state index is 0.362. The fourth-order valence-corrected chi connectivity index (χ4v) is 0.991. The van der Waals surface area contributed by atoms with Crippen molar-refractivity contribution in [1.82, 2.24) is 0 Å². The predicted octanol–water partition coefficient (Wildman–Crippen LogP) is 1.69. The third-order valence-electron chi connectivity index (χ3n) is 1.43. The Morgan fingerprint density at radius 2 is 2.12 bits per heavy atom. The molecule has 1 saturated carbocycles. The molecule has 0 aromatic heterocycles. The van der Waals surface area contributed by atoms with E-state index in [2.05, 4.69) is 6.58 Å². The number of hydrogen-bond donors (Lipinski definition) is 0. The lowest BCUT2D eigenvalue weighted by Crippen LogP contribution is -2.05. The molecule has 0 aliphatic heterocycles. The molecule has 0 heterocycles. The smallest absolute Gasteiger partial charge is 0.136 e. The van der Waals surface area contributed by atoms with Gasteiger partial charge >= 0.3 is 0 Å². The van der Waals surface area contributed by atoms with Crippen LogP contribution in [0, 0.1) is 0 Å². The van der Waals surface area contributed by atoms with Crippen LogP contribution in [0.2, 0.25) is 0 Å². The molecule has 0 bridgehead atoms. The Hall–Kier alpha value is -0.590. The summed E-state index contributed by atoms with van der Waals surface area (Å²) in [5.74, 6) is 0.362. The Kier molecular flexibility index (Phi) is 1.47. The second kappa shape index (κ2) is 2.12. The third-order valence-corrected chi connectivity index (χ3v) is 1.43. The molecule has 0 N–H and O–H groups in total. The van der Waals surface area contributed by atoms with Crippen LogP contribution >= 0.6 is 0 Å². The monoisotopic (exact) mass is 110 g/mol. The fraction of sp³-hybridized carbons (Fsp3) is 0.571. The molecule has 0 spiro atoms. The van der Waals surface area contributed by atoms with E-state index in [1.807, 2.05) is 0 Å². The van der Waals surface area contributed by atoms with Gasteiger partial charge in [0.1, 0.15) is 5.78 Å². The largest absolute Gasteiger partial charge is 0.299 e. The van der Waals surface area contributed by atoms with Crippen LogP contribution in [-0.2, 0) is 4.79 Å². The molecule has 0 atom stereocenters. The highest BCUT2D eigenvalue weighted by Gasteiger charge is 2.09. The normalized spacial score (nSPS) is 21.5.